The molecule has 0 aliphatic carbocycles. The molecule has 2 aliphatic heterocycles. The van der Waals surface area contributed by atoms with E-state index < -0.39 is 89.8 Å². The van der Waals surface area contributed by atoms with Crippen LogP contribution in [0.3, 0.4) is 0 Å². The van der Waals surface area contributed by atoms with Gasteiger partial charge in [0.15, 0.2) is 5.79 Å². The summed E-state index contributed by atoms with van der Waals surface area (Å²) in [6.07, 6.45) is 0.531. The van der Waals surface area contributed by atoms with E-state index in [1.165, 1.54) is 26.2 Å². The number of carbonyl (C=O) groups is 3. The Hall–Kier alpha value is -2.91. The van der Waals surface area contributed by atoms with Gasteiger partial charge in [0.05, 0.1) is 23.9 Å². The van der Waals surface area contributed by atoms with E-state index in [1.54, 1.807) is 53.7 Å². The van der Waals surface area contributed by atoms with E-state index >= 15 is 0 Å². The molecule has 2 heterocycles. The van der Waals surface area contributed by atoms with Crippen molar-refractivity contribution in [3.63, 3.8) is 0 Å². The van der Waals surface area contributed by atoms with E-state index in [1.807, 2.05) is 13.8 Å². The number of carboxylic acid groups (broad SMARTS) is 1. The summed E-state index contributed by atoms with van der Waals surface area (Å²) >= 11 is 0. The average Bonchev–Trinajstić information content (AvgIpc) is 3.05. The number of aliphatic hydroxyl groups excluding tert-OH is 3. The van der Waals surface area contributed by atoms with Gasteiger partial charge in [0.25, 0.3) is 0 Å². The number of hydrogen-bond acceptors (Lipinski definition) is 12. The first-order valence-electron chi connectivity index (χ1n) is 17.7. The molecule has 6 N–H and O–H groups in total. The highest BCUT2D eigenvalue weighted by Gasteiger charge is 2.52. The smallest absolute Gasteiger partial charge is 0.334 e. The Kier molecular flexibility index (Phi) is 16.2. The van der Waals surface area contributed by atoms with Crippen LogP contribution < -0.4 is 0 Å². The largest absolute Gasteiger partial charge is 0.478 e. The Balaban J connectivity index is 2.54. The second-order valence-electron chi connectivity index (χ2n) is 14.8. The molecule has 0 aromatic carbocycles. The summed E-state index contributed by atoms with van der Waals surface area (Å²) < 4.78 is 23.4. The van der Waals surface area contributed by atoms with Gasteiger partial charge in [-0.15, -0.1) is 0 Å². The van der Waals surface area contributed by atoms with Crippen LogP contribution in [0, 0.1) is 29.6 Å². The molecule has 0 bridgehead atoms. The summed E-state index contributed by atoms with van der Waals surface area (Å²) in [5, 5.41) is 65.8. The molecule has 14 atom stereocenters. The van der Waals surface area contributed by atoms with Crippen LogP contribution in [-0.2, 0) is 33.3 Å². The van der Waals surface area contributed by atoms with Gasteiger partial charge in [-0.3, -0.25) is 0 Å². The number of ether oxygens (including phenoxy) is 4. The van der Waals surface area contributed by atoms with Gasteiger partial charge >= 0.3 is 17.9 Å². The van der Waals surface area contributed by atoms with Crippen LogP contribution in [0.1, 0.15) is 81.6 Å². The van der Waals surface area contributed by atoms with Gasteiger partial charge in [0, 0.05) is 54.9 Å². The molecule has 0 saturated carbocycles. The minimum absolute atomic E-state index is 0.0660. The predicted octanol–water partition coefficient (Wildman–Crippen LogP) is 3.22. The topological polar surface area (TPSA) is 210 Å². The Morgan fingerprint density at radius 3 is 2.27 bits per heavy atom. The molecular formula is C38H60O13. The lowest BCUT2D eigenvalue weighted by atomic mass is 9.77. The van der Waals surface area contributed by atoms with Crippen molar-refractivity contribution in [3.8, 4) is 0 Å². The Labute approximate surface area is 301 Å². The zero-order valence-electron chi connectivity index (χ0n) is 31.6. The van der Waals surface area contributed by atoms with E-state index in [4.69, 9.17) is 24.1 Å². The standard InChI is InChI=1S/C38H60O13/c1-11-27-24(6)29(49-32(42)15-14-31(40)41)19-38(47,51-27)26(8)34(44)25(7)35-28(48-10)12-13-30(39)37(9,46)18-23(5)33(43)21(3)16-20(2)17-22(4)36(45)50-35/h12-17,21,23-30,33-35,39,43-44,46-47H,11,18-19H2,1-10H3,(H,40,41)/b13-12+,15-14+,20-16+,22-17+/t21-,23+,24-,25+,26+,27-,28+,29-,30+,33-,34-,35-,37-,38-/m1/s1. The van der Waals surface area contributed by atoms with E-state index in [0.717, 1.165) is 6.08 Å². The van der Waals surface area contributed by atoms with Crippen LogP contribution in [0.4, 0.5) is 0 Å². The summed E-state index contributed by atoms with van der Waals surface area (Å²) in [6, 6.07) is 0. The Morgan fingerprint density at radius 1 is 1.08 bits per heavy atom. The number of hydrogen-bond donors (Lipinski definition) is 6. The van der Waals surface area contributed by atoms with Crippen molar-refractivity contribution in [1.29, 1.82) is 0 Å². The molecule has 1 saturated heterocycles. The summed E-state index contributed by atoms with van der Waals surface area (Å²) in [4.78, 5) is 36.8. The molecular weight excluding hydrogens is 664 g/mol. The number of aliphatic hydroxyl groups is 5. The summed E-state index contributed by atoms with van der Waals surface area (Å²) in [6.45, 7) is 15.2. The molecule has 290 valence electrons. The zero-order chi connectivity index (χ0) is 39.0. The van der Waals surface area contributed by atoms with Crippen molar-refractivity contribution in [2.45, 2.75) is 136 Å². The van der Waals surface area contributed by atoms with Gasteiger partial charge < -0.3 is 49.6 Å². The number of cyclic esters (lactones) is 1. The van der Waals surface area contributed by atoms with Crippen molar-refractivity contribution in [3.05, 3.63) is 47.6 Å². The first-order valence-corrected chi connectivity index (χ1v) is 17.7. The minimum atomic E-state index is -2.02. The van der Waals surface area contributed by atoms with Gasteiger partial charge in [0.1, 0.15) is 24.4 Å². The molecule has 13 nitrogen and oxygen atoms in total. The zero-order valence-corrected chi connectivity index (χ0v) is 31.6. The monoisotopic (exact) mass is 724 g/mol. The van der Waals surface area contributed by atoms with E-state index in [2.05, 4.69) is 0 Å². The highest BCUT2D eigenvalue weighted by atomic mass is 16.6. The first kappa shape index (κ1) is 44.3. The summed E-state index contributed by atoms with van der Waals surface area (Å²) in [5.74, 6) is -8.06. The maximum Gasteiger partial charge on any atom is 0.334 e. The number of rotatable bonds is 9. The van der Waals surface area contributed by atoms with Gasteiger partial charge in [-0.2, -0.15) is 0 Å². The van der Waals surface area contributed by atoms with Crippen LogP contribution in [0.5, 0.6) is 0 Å². The highest BCUT2D eigenvalue weighted by Crippen LogP contribution is 2.41. The lowest BCUT2D eigenvalue weighted by molar-refractivity contribution is -0.323. The van der Waals surface area contributed by atoms with Gasteiger partial charge in [-0.25, -0.2) is 14.4 Å². The highest BCUT2D eigenvalue weighted by molar-refractivity contribution is 5.90. The molecule has 13 heteroatoms. The normalized spacial score (nSPS) is 40.5. The predicted molar refractivity (Wildman–Crippen MR) is 188 cm³/mol. The molecule has 0 aromatic rings. The van der Waals surface area contributed by atoms with Crippen molar-refractivity contribution in [2.75, 3.05) is 7.11 Å². The van der Waals surface area contributed by atoms with E-state index in [0.29, 0.717) is 18.1 Å². The molecule has 0 aromatic heterocycles. The fourth-order valence-corrected chi connectivity index (χ4v) is 7.08. The average molecular weight is 725 g/mol. The van der Waals surface area contributed by atoms with Crippen LogP contribution in [0.15, 0.2) is 47.6 Å². The number of esters is 2. The summed E-state index contributed by atoms with van der Waals surface area (Å²) in [7, 11) is 1.36. The van der Waals surface area contributed by atoms with Gasteiger partial charge in [0.2, 0.25) is 0 Å². The van der Waals surface area contributed by atoms with E-state index in [9.17, 15) is 39.9 Å². The molecule has 0 radical (unpaired) electrons. The Morgan fingerprint density at radius 2 is 1.71 bits per heavy atom. The maximum absolute atomic E-state index is 13.5. The number of methoxy groups -OCH3 is 1. The lowest BCUT2D eigenvalue weighted by Crippen LogP contribution is -2.58. The molecule has 51 heavy (non-hydrogen) atoms. The van der Waals surface area contributed by atoms with Gasteiger partial charge in [-0.05, 0) is 45.6 Å². The first-order chi connectivity index (χ1) is 23.6. The second-order valence-corrected chi connectivity index (χ2v) is 14.8. The van der Waals surface area contributed by atoms with Gasteiger partial charge in [-0.1, -0.05) is 65.3 Å². The van der Waals surface area contributed by atoms with Crippen molar-refractivity contribution in [2.24, 2.45) is 29.6 Å². The third-order valence-electron chi connectivity index (χ3n) is 10.4. The Bertz CT molecular complexity index is 1320. The molecule has 0 spiro atoms. The quantitative estimate of drug-likeness (QED) is 0.115. The third kappa shape index (κ3) is 11.8. The minimum Gasteiger partial charge on any atom is -0.478 e. The number of allylic oxidation sites excluding steroid dienone is 2. The fraction of sp³-hybridized carbons (Fsp3) is 0.711. The number of carboxylic acids is 1. The molecule has 1 fully saturated rings. The fourth-order valence-electron chi connectivity index (χ4n) is 7.08. The van der Waals surface area contributed by atoms with Crippen molar-refractivity contribution in [1.82, 2.24) is 0 Å². The number of carbonyl (C=O) groups excluding carboxylic acids is 2. The van der Waals surface area contributed by atoms with E-state index in [-0.39, 0.29) is 30.3 Å². The van der Waals surface area contributed by atoms with Crippen molar-refractivity contribution < 1.29 is 64.0 Å². The van der Waals surface area contributed by atoms with Crippen LogP contribution in [0.2, 0.25) is 0 Å². The molecule has 0 unspecified atom stereocenters. The summed E-state index contributed by atoms with van der Waals surface area (Å²) in [5.41, 5.74) is -0.721. The van der Waals surface area contributed by atoms with Crippen LogP contribution in [-0.4, -0.2) is 110 Å². The van der Waals surface area contributed by atoms with Crippen molar-refractivity contribution >= 4 is 17.9 Å². The number of aliphatic carboxylic acids is 1. The third-order valence-corrected chi connectivity index (χ3v) is 10.4. The molecule has 2 rings (SSSR count). The molecule has 0 amide bonds. The maximum atomic E-state index is 13.5. The second kappa shape index (κ2) is 18.7. The van der Waals surface area contributed by atoms with Crippen LogP contribution >= 0.6 is 0 Å². The van der Waals surface area contributed by atoms with Crippen LogP contribution in [0.25, 0.3) is 0 Å². The SMILES string of the molecule is CC[C@H]1O[C@@](O)([C@@H](C)[C@H](O)[C@H](C)[C@H]2OC(=O)/C(C)=C/C(C)=C/[C@@H](C)[C@@H](O)[C@@H](C)C[C@@](C)(O)[C@@H](O)/C=C/[C@@H]2OC)C[C@@H](OC(=O)/C=C/C(=O)O)[C@@H]1C. The molecule has 2 aliphatic rings. The lowest BCUT2D eigenvalue weighted by Gasteiger charge is -2.49.